The van der Waals surface area contributed by atoms with Crippen LogP contribution in [0.5, 0.6) is 5.75 Å². The molecule has 1 aromatic carbocycles. The van der Waals surface area contributed by atoms with Crippen LogP contribution in [0.25, 0.3) is 0 Å². The Hall–Kier alpha value is -1.22. The molecular formula is C17H25NO2. The van der Waals surface area contributed by atoms with Crippen LogP contribution in [0.15, 0.2) is 18.2 Å². The summed E-state index contributed by atoms with van der Waals surface area (Å²) in [6.07, 6.45) is 8.54. The Kier molecular flexibility index (Phi) is 3.88. The second-order valence-electron chi connectivity index (χ2n) is 6.31. The molecule has 2 aliphatic rings. The number of nitrogens with two attached hydrogens (primary N) is 1. The molecule has 1 aromatic rings. The highest BCUT2D eigenvalue weighted by molar-refractivity contribution is 5.57. The first-order valence-electron chi connectivity index (χ1n) is 7.84. The van der Waals surface area contributed by atoms with Gasteiger partial charge in [0.25, 0.3) is 0 Å². The van der Waals surface area contributed by atoms with Gasteiger partial charge in [0.2, 0.25) is 0 Å². The van der Waals surface area contributed by atoms with Crippen molar-refractivity contribution < 1.29 is 9.47 Å². The molecule has 2 N–H and O–H groups in total. The highest BCUT2D eigenvalue weighted by Crippen LogP contribution is 2.40. The molecule has 1 aliphatic carbocycles. The zero-order valence-electron chi connectivity index (χ0n) is 12.4. The van der Waals surface area contributed by atoms with Crippen LogP contribution in [0.3, 0.4) is 0 Å². The van der Waals surface area contributed by atoms with Crippen molar-refractivity contribution in [3.05, 3.63) is 23.8 Å². The van der Waals surface area contributed by atoms with E-state index in [1.165, 1.54) is 32.1 Å². The summed E-state index contributed by atoms with van der Waals surface area (Å²) in [5.41, 5.74) is 8.06. The standard InChI is InChI=1S/C17H25NO2/c1-13-6-5-7-15(16(13)18)20-14-8-11-19-17(12-14)9-3-2-4-10-17/h5-7,14H,2-4,8-12,18H2,1H3. The van der Waals surface area contributed by atoms with Crippen molar-refractivity contribution in [3.63, 3.8) is 0 Å². The van der Waals surface area contributed by atoms with Crippen molar-refractivity contribution in [1.82, 2.24) is 0 Å². The van der Waals surface area contributed by atoms with E-state index in [-0.39, 0.29) is 11.7 Å². The third kappa shape index (κ3) is 2.78. The number of benzene rings is 1. The maximum absolute atomic E-state index is 6.19. The zero-order valence-corrected chi connectivity index (χ0v) is 12.4. The first-order chi connectivity index (χ1) is 9.69. The molecule has 0 bridgehead atoms. The molecule has 1 saturated heterocycles. The minimum atomic E-state index is 0.0831. The summed E-state index contributed by atoms with van der Waals surface area (Å²) in [7, 11) is 0. The van der Waals surface area contributed by atoms with Crippen LogP contribution in [0, 0.1) is 6.92 Å². The molecule has 1 spiro atoms. The van der Waals surface area contributed by atoms with Gasteiger partial charge in [-0.05, 0) is 31.4 Å². The predicted molar refractivity (Wildman–Crippen MR) is 81.0 cm³/mol. The Balaban J connectivity index is 1.69. The average Bonchev–Trinajstić information content (AvgIpc) is 2.45. The maximum Gasteiger partial charge on any atom is 0.142 e. The van der Waals surface area contributed by atoms with Crippen molar-refractivity contribution in [2.45, 2.75) is 63.6 Å². The monoisotopic (exact) mass is 275 g/mol. The number of nitrogen functional groups attached to an aromatic ring is 1. The number of hydrogen-bond acceptors (Lipinski definition) is 3. The highest BCUT2D eigenvalue weighted by Gasteiger charge is 2.39. The normalized spacial score (nSPS) is 25.6. The van der Waals surface area contributed by atoms with E-state index in [0.717, 1.165) is 36.4 Å². The summed E-state index contributed by atoms with van der Waals surface area (Å²) in [5.74, 6) is 0.836. The van der Waals surface area contributed by atoms with Gasteiger partial charge in [-0.25, -0.2) is 0 Å². The van der Waals surface area contributed by atoms with Gasteiger partial charge in [0.1, 0.15) is 11.9 Å². The SMILES string of the molecule is Cc1cccc(OC2CCOC3(CCCCC3)C2)c1N. The third-order valence-electron chi connectivity index (χ3n) is 4.79. The lowest BCUT2D eigenvalue weighted by Gasteiger charge is -2.43. The van der Waals surface area contributed by atoms with E-state index in [0.29, 0.717) is 0 Å². The molecule has 110 valence electrons. The van der Waals surface area contributed by atoms with E-state index in [9.17, 15) is 0 Å². The number of para-hydroxylation sites is 1. The molecule has 0 aromatic heterocycles. The second kappa shape index (κ2) is 5.65. The summed E-state index contributed by atoms with van der Waals surface area (Å²) in [4.78, 5) is 0. The number of anilines is 1. The van der Waals surface area contributed by atoms with Gasteiger partial charge in [0, 0.05) is 12.8 Å². The van der Waals surface area contributed by atoms with Crippen LogP contribution in [-0.2, 0) is 4.74 Å². The van der Waals surface area contributed by atoms with Gasteiger partial charge in [-0.3, -0.25) is 0 Å². The maximum atomic E-state index is 6.19. The molecule has 3 rings (SSSR count). The van der Waals surface area contributed by atoms with Gasteiger partial charge in [0.05, 0.1) is 17.9 Å². The van der Waals surface area contributed by atoms with Gasteiger partial charge in [0.15, 0.2) is 0 Å². The average molecular weight is 275 g/mol. The Morgan fingerprint density at radius 3 is 2.85 bits per heavy atom. The van der Waals surface area contributed by atoms with Crippen molar-refractivity contribution in [3.8, 4) is 5.75 Å². The molecule has 1 heterocycles. The minimum Gasteiger partial charge on any atom is -0.488 e. The van der Waals surface area contributed by atoms with Crippen LogP contribution in [0.2, 0.25) is 0 Å². The Morgan fingerprint density at radius 2 is 2.05 bits per heavy atom. The molecule has 2 fully saturated rings. The molecule has 3 nitrogen and oxygen atoms in total. The number of ether oxygens (including phenoxy) is 2. The van der Waals surface area contributed by atoms with E-state index in [2.05, 4.69) is 0 Å². The van der Waals surface area contributed by atoms with Crippen molar-refractivity contribution in [2.24, 2.45) is 0 Å². The quantitative estimate of drug-likeness (QED) is 0.834. The largest absolute Gasteiger partial charge is 0.488 e. The first kappa shape index (κ1) is 13.7. The summed E-state index contributed by atoms with van der Waals surface area (Å²) in [5, 5.41) is 0. The molecule has 1 aliphatic heterocycles. The molecule has 1 unspecified atom stereocenters. The molecule has 1 atom stereocenters. The molecule has 0 radical (unpaired) electrons. The predicted octanol–water partition coefficient (Wildman–Crippen LogP) is 3.84. The first-order valence-corrected chi connectivity index (χ1v) is 7.84. The smallest absolute Gasteiger partial charge is 0.142 e. The Bertz CT molecular complexity index is 461. The van der Waals surface area contributed by atoms with E-state index in [4.69, 9.17) is 15.2 Å². The zero-order chi connectivity index (χ0) is 14.0. The summed E-state index contributed by atoms with van der Waals surface area (Å²) in [6, 6.07) is 6.01. The van der Waals surface area contributed by atoms with Crippen molar-refractivity contribution >= 4 is 5.69 Å². The number of rotatable bonds is 2. The van der Waals surface area contributed by atoms with E-state index in [1.54, 1.807) is 0 Å². The van der Waals surface area contributed by atoms with Crippen molar-refractivity contribution in [1.29, 1.82) is 0 Å². The van der Waals surface area contributed by atoms with Gasteiger partial charge in [-0.1, -0.05) is 31.4 Å². The fourth-order valence-corrected chi connectivity index (χ4v) is 3.56. The molecule has 20 heavy (non-hydrogen) atoms. The Labute approximate surface area is 121 Å². The van der Waals surface area contributed by atoms with Crippen LogP contribution in [0.4, 0.5) is 5.69 Å². The van der Waals surface area contributed by atoms with Gasteiger partial charge >= 0.3 is 0 Å². The lowest BCUT2D eigenvalue weighted by atomic mass is 9.79. The van der Waals surface area contributed by atoms with E-state index >= 15 is 0 Å². The van der Waals surface area contributed by atoms with E-state index < -0.39 is 0 Å². The highest BCUT2D eigenvalue weighted by atomic mass is 16.5. The van der Waals surface area contributed by atoms with Gasteiger partial charge in [-0.15, -0.1) is 0 Å². The minimum absolute atomic E-state index is 0.0831. The fraction of sp³-hybridized carbons (Fsp3) is 0.647. The third-order valence-corrected chi connectivity index (χ3v) is 4.79. The lowest BCUT2D eigenvalue weighted by Crippen LogP contribution is -2.45. The molecule has 0 amide bonds. The molecule has 1 saturated carbocycles. The molecular weight excluding hydrogens is 250 g/mol. The summed E-state index contributed by atoms with van der Waals surface area (Å²) >= 11 is 0. The summed E-state index contributed by atoms with van der Waals surface area (Å²) in [6.45, 7) is 2.84. The topological polar surface area (TPSA) is 44.5 Å². The van der Waals surface area contributed by atoms with Crippen LogP contribution in [0.1, 0.15) is 50.5 Å². The van der Waals surface area contributed by atoms with Crippen LogP contribution < -0.4 is 10.5 Å². The lowest BCUT2D eigenvalue weighted by molar-refractivity contribution is -0.129. The second-order valence-corrected chi connectivity index (χ2v) is 6.31. The van der Waals surface area contributed by atoms with Gasteiger partial charge in [-0.2, -0.15) is 0 Å². The Morgan fingerprint density at radius 1 is 1.25 bits per heavy atom. The fourth-order valence-electron chi connectivity index (χ4n) is 3.56. The number of aryl methyl sites for hydroxylation is 1. The molecule has 3 heteroatoms. The number of hydrogen-bond donors (Lipinski definition) is 1. The van der Waals surface area contributed by atoms with E-state index in [1.807, 2.05) is 25.1 Å². The van der Waals surface area contributed by atoms with Crippen molar-refractivity contribution in [2.75, 3.05) is 12.3 Å². The van der Waals surface area contributed by atoms with Gasteiger partial charge < -0.3 is 15.2 Å². The van der Waals surface area contributed by atoms with Crippen LogP contribution >= 0.6 is 0 Å². The van der Waals surface area contributed by atoms with Crippen LogP contribution in [-0.4, -0.2) is 18.3 Å². The summed E-state index contributed by atoms with van der Waals surface area (Å²) < 4.78 is 12.3.